The summed E-state index contributed by atoms with van der Waals surface area (Å²) in [5, 5.41) is 10.4. The standard InChI is InChI=1S/C15H20FN5O/c1-20(2)14(12-6-3-4-7-13(12)16)15(22)17-8-5-10-21-11-9-18-19-21/h3-4,6-7,9,11,14H,5,8,10H2,1-2H3,(H,17,22)/t14-/m1/s1. The lowest BCUT2D eigenvalue weighted by atomic mass is 10.0. The van der Waals surface area contributed by atoms with Crippen LogP contribution in [0.5, 0.6) is 0 Å². The van der Waals surface area contributed by atoms with Gasteiger partial charge in [-0.3, -0.25) is 14.4 Å². The van der Waals surface area contributed by atoms with Crippen LogP contribution in [0.25, 0.3) is 0 Å². The van der Waals surface area contributed by atoms with Crippen LogP contribution in [-0.2, 0) is 11.3 Å². The van der Waals surface area contributed by atoms with Crippen molar-refractivity contribution < 1.29 is 9.18 Å². The van der Waals surface area contributed by atoms with Crippen molar-refractivity contribution in [2.45, 2.75) is 19.0 Å². The minimum absolute atomic E-state index is 0.214. The third-order valence-electron chi connectivity index (χ3n) is 3.30. The van der Waals surface area contributed by atoms with Crippen molar-refractivity contribution in [3.05, 3.63) is 48.0 Å². The molecule has 0 aliphatic carbocycles. The molecule has 0 saturated heterocycles. The number of aryl methyl sites for hydroxylation is 1. The molecule has 1 N–H and O–H groups in total. The predicted molar refractivity (Wildman–Crippen MR) is 80.5 cm³/mol. The van der Waals surface area contributed by atoms with Crippen molar-refractivity contribution in [2.75, 3.05) is 20.6 Å². The van der Waals surface area contributed by atoms with Gasteiger partial charge >= 0.3 is 0 Å². The Labute approximate surface area is 128 Å². The van der Waals surface area contributed by atoms with Crippen molar-refractivity contribution >= 4 is 5.91 Å². The van der Waals surface area contributed by atoms with Crippen LogP contribution < -0.4 is 5.32 Å². The van der Waals surface area contributed by atoms with Gasteiger partial charge in [0.05, 0.1) is 6.20 Å². The van der Waals surface area contributed by atoms with Crippen molar-refractivity contribution in [1.29, 1.82) is 0 Å². The maximum atomic E-state index is 13.9. The first-order valence-electron chi connectivity index (χ1n) is 7.12. The SMILES string of the molecule is CN(C)[C@@H](C(=O)NCCCn1ccnn1)c1ccccc1F. The van der Waals surface area contributed by atoms with Crippen LogP contribution >= 0.6 is 0 Å². The molecule has 22 heavy (non-hydrogen) atoms. The number of nitrogens with one attached hydrogen (secondary N) is 1. The molecule has 2 rings (SSSR count). The summed E-state index contributed by atoms with van der Waals surface area (Å²) in [4.78, 5) is 14.0. The van der Waals surface area contributed by atoms with Crippen LogP contribution in [0.3, 0.4) is 0 Å². The zero-order chi connectivity index (χ0) is 15.9. The summed E-state index contributed by atoms with van der Waals surface area (Å²) in [7, 11) is 3.51. The van der Waals surface area contributed by atoms with Crippen LogP contribution in [0, 0.1) is 5.82 Å². The molecular formula is C15H20FN5O. The first kappa shape index (κ1) is 16.1. The second kappa shape index (κ2) is 7.65. The first-order valence-corrected chi connectivity index (χ1v) is 7.12. The largest absolute Gasteiger partial charge is 0.354 e. The number of rotatable bonds is 7. The molecule has 0 spiro atoms. The summed E-state index contributed by atoms with van der Waals surface area (Å²) < 4.78 is 15.6. The molecule has 0 aliphatic rings. The third kappa shape index (κ3) is 4.11. The Bertz CT molecular complexity index is 600. The lowest BCUT2D eigenvalue weighted by Gasteiger charge is -2.24. The van der Waals surface area contributed by atoms with E-state index < -0.39 is 6.04 Å². The number of likely N-dealkylation sites (N-methyl/N-ethyl adjacent to an activating group) is 1. The van der Waals surface area contributed by atoms with Crippen molar-refractivity contribution in [3.63, 3.8) is 0 Å². The maximum Gasteiger partial charge on any atom is 0.242 e. The fourth-order valence-corrected chi connectivity index (χ4v) is 2.25. The lowest BCUT2D eigenvalue weighted by Crippen LogP contribution is -2.38. The van der Waals surface area contributed by atoms with E-state index >= 15 is 0 Å². The van der Waals surface area contributed by atoms with Crippen LogP contribution in [-0.4, -0.2) is 46.4 Å². The number of carbonyl (C=O) groups excluding carboxylic acids is 1. The molecule has 7 heteroatoms. The Kier molecular flexibility index (Phi) is 5.60. The van der Waals surface area contributed by atoms with E-state index in [9.17, 15) is 9.18 Å². The van der Waals surface area contributed by atoms with E-state index in [4.69, 9.17) is 0 Å². The van der Waals surface area contributed by atoms with Gasteiger partial charge in [-0.1, -0.05) is 23.4 Å². The Balaban J connectivity index is 1.91. The summed E-state index contributed by atoms with van der Waals surface area (Å²) in [6, 6.07) is 5.69. The molecular weight excluding hydrogens is 285 g/mol. The number of hydrogen-bond acceptors (Lipinski definition) is 4. The van der Waals surface area contributed by atoms with Crippen LogP contribution in [0.2, 0.25) is 0 Å². The second-order valence-corrected chi connectivity index (χ2v) is 5.20. The monoisotopic (exact) mass is 305 g/mol. The minimum atomic E-state index is -0.646. The molecule has 0 saturated carbocycles. The highest BCUT2D eigenvalue weighted by molar-refractivity contribution is 5.83. The number of carbonyl (C=O) groups is 1. The molecule has 1 aromatic carbocycles. The molecule has 1 amide bonds. The van der Waals surface area contributed by atoms with Crippen LogP contribution in [0.15, 0.2) is 36.7 Å². The van der Waals surface area contributed by atoms with Gasteiger partial charge in [-0.25, -0.2) is 4.39 Å². The number of amides is 1. The molecule has 0 unspecified atom stereocenters. The molecule has 1 aromatic heterocycles. The summed E-state index contributed by atoms with van der Waals surface area (Å²) >= 11 is 0. The highest BCUT2D eigenvalue weighted by Crippen LogP contribution is 2.21. The normalized spacial score (nSPS) is 12.4. The molecule has 0 aliphatic heterocycles. The van der Waals surface area contributed by atoms with Crippen LogP contribution in [0.4, 0.5) is 4.39 Å². The Morgan fingerprint density at radius 2 is 2.18 bits per heavy atom. The van der Waals surface area contributed by atoms with Crippen LogP contribution in [0.1, 0.15) is 18.0 Å². The zero-order valence-corrected chi connectivity index (χ0v) is 12.7. The maximum absolute atomic E-state index is 13.9. The molecule has 0 radical (unpaired) electrons. The number of halogens is 1. The number of hydrogen-bond donors (Lipinski definition) is 1. The van der Waals surface area contributed by atoms with Crippen molar-refractivity contribution in [1.82, 2.24) is 25.2 Å². The highest BCUT2D eigenvalue weighted by Gasteiger charge is 2.25. The van der Waals surface area contributed by atoms with Gasteiger partial charge in [0.1, 0.15) is 11.9 Å². The van der Waals surface area contributed by atoms with Gasteiger partial charge in [0, 0.05) is 24.8 Å². The fourth-order valence-electron chi connectivity index (χ4n) is 2.25. The molecule has 6 nitrogen and oxygen atoms in total. The summed E-state index contributed by atoms with van der Waals surface area (Å²) in [5.41, 5.74) is 0.376. The van der Waals surface area contributed by atoms with Gasteiger partial charge in [0.25, 0.3) is 0 Å². The minimum Gasteiger partial charge on any atom is -0.354 e. The molecule has 0 fully saturated rings. The van der Waals surface area contributed by atoms with Gasteiger partial charge < -0.3 is 5.32 Å². The lowest BCUT2D eigenvalue weighted by molar-refractivity contribution is -0.125. The van der Waals surface area contributed by atoms with Gasteiger partial charge in [-0.05, 0) is 26.6 Å². The zero-order valence-electron chi connectivity index (χ0n) is 12.7. The number of aromatic nitrogens is 3. The average molecular weight is 305 g/mol. The Morgan fingerprint density at radius 3 is 2.82 bits per heavy atom. The van der Waals surface area contributed by atoms with Crippen molar-refractivity contribution in [3.8, 4) is 0 Å². The van der Waals surface area contributed by atoms with Gasteiger partial charge in [0.15, 0.2) is 0 Å². The number of nitrogens with zero attached hydrogens (tertiary/aromatic N) is 4. The van der Waals surface area contributed by atoms with E-state index in [0.717, 1.165) is 6.42 Å². The predicted octanol–water partition coefficient (Wildman–Crippen LogP) is 1.23. The summed E-state index contributed by atoms with van der Waals surface area (Å²) in [5.74, 6) is -0.590. The number of benzene rings is 1. The van der Waals surface area contributed by atoms with E-state index in [2.05, 4.69) is 15.6 Å². The van der Waals surface area contributed by atoms with E-state index in [-0.39, 0.29) is 11.7 Å². The van der Waals surface area contributed by atoms with Gasteiger partial charge in [0.2, 0.25) is 5.91 Å². The molecule has 2 aromatic rings. The second-order valence-electron chi connectivity index (χ2n) is 5.20. The van der Waals surface area contributed by atoms with Gasteiger partial charge in [-0.15, -0.1) is 5.10 Å². The highest BCUT2D eigenvalue weighted by atomic mass is 19.1. The molecule has 0 bridgehead atoms. The van der Waals surface area contributed by atoms with Crippen molar-refractivity contribution in [2.24, 2.45) is 0 Å². The molecule has 1 atom stereocenters. The quantitative estimate of drug-likeness (QED) is 0.782. The summed E-state index contributed by atoms with van der Waals surface area (Å²) in [6.07, 6.45) is 4.11. The van der Waals surface area contributed by atoms with E-state index in [1.807, 2.05) is 0 Å². The fraction of sp³-hybridized carbons (Fsp3) is 0.400. The third-order valence-corrected chi connectivity index (χ3v) is 3.30. The molecule has 118 valence electrons. The van der Waals surface area contributed by atoms with Gasteiger partial charge in [-0.2, -0.15) is 0 Å². The Hall–Kier alpha value is -2.28. The van der Waals surface area contributed by atoms with E-state index in [1.165, 1.54) is 6.07 Å². The average Bonchev–Trinajstić information content (AvgIpc) is 2.99. The Morgan fingerprint density at radius 1 is 1.41 bits per heavy atom. The summed E-state index contributed by atoms with van der Waals surface area (Å²) in [6.45, 7) is 1.17. The van der Waals surface area contributed by atoms with E-state index in [0.29, 0.717) is 18.7 Å². The topological polar surface area (TPSA) is 63.1 Å². The van der Waals surface area contributed by atoms with E-state index in [1.54, 1.807) is 54.3 Å². The first-order chi connectivity index (χ1) is 10.6. The smallest absolute Gasteiger partial charge is 0.242 e. The molecule has 1 heterocycles.